The van der Waals surface area contributed by atoms with Crippen LogP contribution in [0.15, 0.2) is 73.3 Å². The first-order valence-corrected chi connectivity index (χ1v) is 17.2. The number of aromatic nitrogens is 2. The fourth-order valence-electron chi connectivity index (χ4n) is 4.07. The number of anilines is 2. The molecule has 48 heavy (non-hydrogen) atoms. The monoisotopic (exact) mass is 711 g/mol. The van der Waals surface area contributed by atoms with E-state index in [1.54, 1.807) is 0 Å². The third-order valence-electron chi connectivity index (χ3n) is 6.42. The molecule has 0 aliphatic carbocycles. The quantitative estimate of drug-likeness (QED) is 0.138. The number of ether oxygens (including phenoxy) is 1. The average molecular weight is 712 g/mol. The maximum absolute atomic E-state index is 14.2. The molecule has 0 saturated heterocycles. The van der Waals surface area contributed by atoms with Gasteiger partial charge < -0.3 is 10.5 Å². The maximum Gasteiger partial charge on any atom is 0.337 e. The molecule has 0 amide bonds. The van der Waals surface area contributed by atoms with Crippen LogP contribution in [0.3, 0.4) is 0 Å². The van der Waals surface area contributed by atoms with Crippen molar-refractivity contribution >= 4 is 43.2 Å². The summed E-state index contributed by atoms with van der Waals surface area (Å²) in [6.45, 7) is -1.01. The molecule has 256 valence electrons. The van der Waals surface area contributed by atoms with Gasteiger partial charge in [-0.05, 0) is 18.2 Å². The number of benzene rings is 2. The molecule has 0 fully saturated rings. The summed E-state index contributed by atoms with van der Waals surface area (Å²) in [5.41, 5.74) is 5.29. The number of ketones is 1. The summed E-state index contributed by atoms with van der Waals surface area (Å²) >= 11 is 0. The van der Waals surface area contributed by atoms with Gasteiger partial charge in [0.05, 0.1) is 81.0 Å². The lowest BCUT2D eigenvalue weighted by Crippen LogP contribution is -2.30. The summed E-state index contributed by atoms with van der Waals surface area (Å²) < 4.78 is 109. The molecule has 4 aromatic rings. The van der Waals surface area contributed by atoms with Gasteiger partial charge in [-0.3, -0.25) is 23.4 Å². The molecule has 0 bridgehead atoms. The molecule has 0 aliphatic heterocycles. The van der Waals surface area contributed by atoms with Crippen LogP contribution < -0.4 is 14.3 Å². The predicted molar refractivity (Wildman–Crippen MR) is 168 cm³/mol. The number of carbonyl (C=O) groups excluding carboxylic acids is 2. The van der Waals surface area contributed by atoms with Crippen LogP contribution in [-0.4, -0.2) is 64.7 Å². The Bertz CT molecular complexity index is 1890. The summed E-state index contributed by atoms with van der Waals surface area (Å²) in [5, 5.41) is 0. The Labute approximate surface area is 273 Å². The van der Waals surface area contributed by atoms with Crippen LogP contribution in [0.5, 0.6) is 0 Å². The Kier molecular flexibility index (Phi) is 12.3. The molecular weight excluding hydrogens is 682 g/mol. The number of hydrogen-bond donors (Lipinski definition) is 1. The molecule has 2 N–H and O–H groups in total. The molecule has 18 heteroatoms. The van der Waals surface area contributed by atoms with Crippen molar-refractivity contribution < 1.29 is 48.7 Å². The summed E-state index contributed by atoms with van der Waals surface area (Å²) in [6.07, 6.45) is 6.01. The number of halogens is 4. The number of rotatable bonds is 11. The van der Waals surface area contributed by atoms with E-state index in [0.29, 0.717) is 0 Å². The molecule has 0 atom stereocenters. The van der Waals surface area contributed by atoms with E-state index in [0.717, 1.165) is 77.3 Å². The summed E-state index contributed by atoms with van der Waals surface area (Å²) in [5.74, 6) is -4.12. The number of nitrogens with zero attached hydrogens (tertiary/aromatic N) is 4. The van der Waals surface area contributed by atoms with E-state index < -0.39 is 55.1 Å². The highest BCUT2D eigenvalue weighted by atomic mass is 32.2. The van der Waals surface area contributed by atoms with Crippen molar-refractivity contribution in [2.75, 3.05) is 34.8 Å². The zero-order valence-corrected chi connectivity index (χ0v) is 27.2. The van der Waals surface area contributed by atoms with Gasteiger partial charge in [0, 0.05) is 28.8 Å². The van der Waals surface area contributed by atoms with Crippen LogP contribution in [0.25, 0.3) is 0 Å². The number of esters is 1. The van der Waals surface area contributed by atoms with Gasteiger partial charge in [-0.2, -0.15) is 0 Å². The molecule has 0 radical (unpaired) electrons. The van der Waals surface area contributed by atoms with E-state index >= 15 is 0 Å². The van der Waals surface area contributed by atoms with Crippen LogP contribution in [0.4, 0.5) is 28.9 Å². The minimum absolute atomic E-state index is 0.00271. The molecule has 2 aromatic carbocycles. The topological polar surface area (TPSA) is 170 Å². The van der Waals surface area contributed by atoms with E-state index in [1.807, 2.05) is 0 Å². The Morgan fingerprint density at radius 2 is 1.12 bits per heavy atom. The largest absolute Gasteiger partial charge is 0.465 e. The molecule has 0 spiro atoms. The van der Waals surface area contributed by atoms with E-state index in [2.05, 4.69) is 14.7 Å². The van der Waals surface area contributed by atoms with Gasteiger partial charge in [0.25, 0.3) is 0 Å². The third kappa shape index (κ3) is 10.0. The fourth-order valence-corrected chi connectivity index (χ4v) is 5.78. The van der Waals surface area contributed by atoms with Gasteiger partial charge in [0.2, 0.25) is 20.0 Å². The van der Waals surface area contributed by atoms with E-state index in [1.165, 1.54) is 24.3 Å². The molecule has 0 aliphatic rings. The standard InChI is InChI=1S/C15H15F2N3O3S.C15H14F2N2O4S/c1-24(22,23)20(13-5-12(16)7-19-8-13)9-11-3-2-10(4-14(11)17)15(21)6-18;1-23-15(20)10-3-4-11(14(17)5-10)9-19(24(2,21)22)13-6-12(16)7-18-8-13/h2-5,7-8H,6,9,18H2,1H3;3-8H,9H2,1-2H3. The van der Waals surface area contributed by atoms with E-state index in [4.69, 9.17) is 5.73 Å². The second-order valence-corrected chi connectivity index (χ2v) is 13.8. The SMILES string of the molecule is COC(=O)c1ccc(CN(c2cncc(F)c2)S(C)(=O)=O)c(F)c1.CS(=O)(=O)N(Cc1ccc(C(=O)CN)cc1F)c1cncc(F)c1. The van der Waals surface area contributed by atoms with Crippen LogP contribution in [0.1, 0.15) is 31.8 Å². The zero-order chi connectivity index (χ0) is 35.8. The van der Waals surface area contributed by atoms with Crippen molar-refractivity contribution in [3.63, 3.8) is 0 Å². The van der Waals surface area contributed by atoms with Gasteiger partial charge in [0.1, 0.15) is 23.3 Å². The Balaban J connectivity index is 0.000000260. The minimum Gasteiger partial charge on any atom is -0.465 e. The molecule has 2 aromatic heterocycles. The normalized spacial score (nSPS) is 11.2. The number of hydrogen-bond acceptors (Lipinski definition) is 10. The van der Waals surface area contributed by atoms with Crippen molar-refractivity contribution in [3.05, 3.63) is 119 Å². The Morgan fingerprint density at radius 1 is 0.708 bits per heavy atom. The van der Waals surface area contributed by atoms with Crippen molar-refractivity contribution in [1.29, 1.82) is 0 Å². The van der Waals surface area contributed by atoms with Crippen LogP contribution in [0, 0.1) is 23.3 Å². The smallest absolute Gasteiger partial charge is 0.337 e. The van der Waals surface area contributed by atoms with Crippen molar-refractivity contribution in [3.8, 4) is 0 Å². The van der Waals surface area contributed by atoms with Crippen molar-refractivity contribution in [2.45, 2.75) is 13.1 Å². The number of Topliss-reactive ketones (excluding diaryl/α,β-unsaturated/α-hetero) is 1. The lowest BCUT2D eigenvalue weighted by Gasteiger charge is -2.22. The molecular formula is C30H29F4N5O7S2. The van der Waals surface area contributed by atoms with Gasteiger partial charge in [-0.1, -0.05) is 18.2 Å². The summed E-state index contributed by atoms with van der Waals surface area (Å²) in [7, 11) is -6.46. The fraction of sp³-hybridized carbons (Fsp3) is 0.200. The predicted octanol–water partition coefficient (Wildman–Crippen LogP) is 3.58. The summed E-state index contributed by atoms with van der Waals surface area (Å²) in [6, 6.07) is 9.15. The van der Waals surface area contributed by atoms with Gasteiger partial charge >= 0.3 is 5.97 Å². The highest BCUT2D eigenvalue weighted by Crippen LogP contribution is 2.24. The second-order valence-electron chi connectivity index (χ2n) is 9.99. The number of carbonyl (C=O) groups is 2. The third-order valence-corrected chi connectivity index (χ3v) is 8.70. The highest BCUT2D eigenvalue weighted by Gasteiger charge is 2.22. The highest BCUT2D eigenvalue weighted by molar-refractivity contribution is 7.92. The van der Waals surface area contributed by atoms with Crippen molar-refractivity contribution in [1.82, 2.24) is 9.97 Å². The average Bonchev–Trinajstić information content (AvgIpc) is 3.01. The molecule has 0 unspecified atom stereocenters. The lowest BCUT2D eigenvalue weighted by atomic mass is 10.1. The molecule has 4 rings (SSSR count). The van der Waals surface area contributed by atoms with Crippen molar-refractivity contribution in [2.24, 2.45) is 5.73 Å². The molecule has 2 heterocycles. The number of pyridine rings is 2. The Morgan fingerprint density at radius 3 is 1.48 bits per heavy atom. The number of sulfonamides is 2. The summed E-state index contributed by atoms with van der Waals surface area (Å²) in [4.78, 5) is 30.0. The minimum atomic E-state index is -3.81. The lowest BCUT2D eigenvalue weighted by molar-refractivity contribution is 0.0600. The first-order valence-electron chi connectivity index (χ1n) is 13.5. The molecule has 12 nitrogen and oxygen atoms in total. The van der Waals surface area contributed by atoms with Gasteiger partial charge in [0.15, 0.2) is 5.78 Å². The van der Waals surface area contributed by atoms with E-state index in [-0.39, 0.29) is 53.3 Å². The second kappa shape index (κ2) is 15.8. The first kappa shape index (κ1) is 37.5. The maximum atomic E-state index is 14.2. The Hall–Kier alpha value is -4.94. The van der Waals surface area contributed by atoms with Crippen LogP contribution >= 0.6 is 0 Å². The van der Waals surface area contributed by atoms with Crippen LogP contribution in [-0.2, 0) is 37.9 Å². The number of methoxy groups -OCH3 is 1. The molecule has 0 saturated carbocycles. The van der Waals surface area contributed by atoms with E-state index in [9.17, 15) is 44.0 Å². The first-order chi connectivity index (χ1) is 22.4. The van der Waals surface area contributed by atoms with Gasteiger partial charge in [-0.25, -0.2) is 39.2 Å². The van der Waals surface area contributed by atoms with Gasteiger partial charge in [-0.15, -0.1) is 0 Å². The zero-order valence-electron chi connectivity index (χ0n) is 25.6. The van der Waals surface area contributed by atoms with Crippen LogP contribution in [0.2, 0.25) is 0 Å². The number of nitrogens with two attached hydrogens (primary N) is 1.